The Bertz CT molecular complexity index is 578. The molecule has 1 amide bonds. The second-order valence-electron chi connectivity index (χ2n) is 6.79. The fourth-order valence-corrected chi connectivity index (χ4v) is 4.98. The molecule has 4 nitrogen and oxygen atoms in total. The van der Waals surface area contributed by atoms with Crippen molar-refractivity contribution in [1.82, 2.24) is 16.2 Å². The maximum absolute atomic E-state index is 12.4. The number of thiocarbonyl (C=S) groups is 1. The van der Waals surface area contributed by atoms with E-state index in [1.807, 2.05) is 5.38 Å². The second-order valence-corrected chi connectivity index (χ2v) is 8.16. The first kappa shape index (κ1) is 16.7. The SMILES string of the molecule is C[C@@H]1CCc2c(C(=O)NNC(=S)NC3CCCCC3)csc2C1. The minimum atomic E-state index is -0.0788. The lowest BCUT2D eigenvalue weighted by Crippen LogP contribution is -2.50. The van der Waals surface area contributed by atoms with Gasteiger partial charge in [-0.1, -0.05) is 26.2 Å². The molecule has 0 saturated heterocycles. The van der Waals surface area contributed by atoms with E-state index in [1.54, 1.807) is 11.3 Å². The number of hydrogen-bond acceptors (Lipinski definition) is 3. The van der Waals surface area contributed by atoms with Crippen molar-refractivity contribution < 1.29 is 4.79 Å². The molecule has 1 aromatic heterocycles. The Balaban J connectivity index is 1.50. The van der Waals surface area contributed by atoms with Crippen molar-refractivity contribution in [2.75, 3.05) is 0 Å². The molecule has 1 fully saturated rings. The average Bonchev–Trinajstić information content (AvgIpc) is 2.96. The van der Waals surface area contributed by atoms with Gasteiger partial charge in [-0.3, -0.25) is 15.6 Å². The summed E-state index contributed by atoms with van der Waals surface area (Å²) in [5, 5.41) is 5.80. The van der Waals surface area contributed by atoms with E-state index in [9.17, 15) is 4.79 Å². The predicted octanol–water partition coefficient (Wildman–Crippen LogP) is 3.31. The molecule has 0 aromatic carbocycles. The molecule has 2 aliphatic rings. The first-order chi connectivity index (χ1) is 11.1. The van der Waals surface area contributed by atoms with E-state index in [0.29, 0.717) is 11.2 Å². The van der Waals surface area contributed by atoms with Crippen LogP contribution in [0.2, 0.25) is 0 Å². The molecular weight excluding hydrogens is 326 g/mol. The number of thiophene rings is 1. The number of nitrogens with one attached hydrogen (secondary N) is 3. The molecule has 6 heteroatoms. The molecule has 3 N–H and O–H groups in total. The Hall–Kier alpha value is -1.14. The predicted molar refractivity (Wildman–Crippen MR) is 98.7 cm³/mol. The number of carbonyl (C=O) groups is 1. The lowest BCUT2D eigenvalue weighted by Gasteiger charge is -2.24. The zero-order valence-corrected chi connectivity index (χ0v) is 15.2. The number of rotatable bonds is 2. The zero-order chi connectivity index (χ0) is 16.2. The van der Waals surface area contributed by atoms with Crippen LogP contribution in [-0.2, 0) is 12.8 Å². The highest BCUT2D eigenvalue weighted by molar-refractivity contribution is 7.80. The Morgan fingerprint density at radius 3 is 2.78 bits per heavy atom. The van der Waals surface area contributed by atoms with E-state index >= 15 is 0 Å². The van der Waals surface area contributed by atoms with E-state index in [0.717, 1.165) is 37.2 Å². The van der Waals surface area contributed by atoms with Gasteiger partial charge in [0.05, 0.1) is 5.56 Å². The largest absolute Gasteiger partial charge is 0.359 e. The quantitative estimate of drug-likeness (QED) is 0.565. The zero-order valence-electron chi connectivity index (χ0n) is 13.6. The van der Waals surface area contributed by atoms with Gasteiger partial charge in [0.1, 0.15) is 0 Å². The fourth-order valence-electron chi connectivity index (χ4n) is 3.52. The number of carbonyl (C=O) groups excluding carboxylic acids is 1. The number of amides is 1. The molecule has 1 heterocycles. The Kier molecular flexibility index (Phi) is 5.54. The minimum Gasteiger partial charge on any atom is -0.359 e. The summed E-state index contributed by atoms with van der Waals surface area (Å²) in [5.74, 6) is 0.646. The standard InChI is InChI=1S/C17H25N3OS2/c1-11-7-8-13-14(10-23-15(13)9-11)16(21)19-20-17(22)18-12-5-3-2-4-6-12/h10-12H,2-9H2,1H3,(H,19,21)(H2,18,20,22)/t11-/m1/s1. The molecule has 0 radical (unpaired) electrons. The van der Waals surface area contributed by atoms with Crippen LogP contribution in [0, 0.1) is 5.92 Å². The van der Waals surface area contributed by atoms with Gasteiger partial charge in [-0.25, -0.2) is 0 Å². The van der Waals surface area contributed by atoms with Gasteiger partial charge in [0, 0.05) is 16.3 Å². The molecule has 0 spiro atoms. The van der Waals surface area contributed by atoms with Crippen molar-refractivity contribution in [1.29, 1.82) is 0 Å². The topological polar surface area (TPSA) is 53.2 Å². The molecule has 1 aromatic rings. The number of hydrazine groups is 1. The summed E-state index contributed by atoms with van der Waals surface area (Å²) in [6.07, 6.45) is 9.42. The molecular formula is C17H25N3OS2. The van der Waals surface area contributed by atoms with E-state index < -0.39 is 0 Å². The van der Waals surface area contributed by atoms with Gasteiger partial charge < -0.3 is 5.32 Å². The molecule has 23 heavy (non-hydrogen) atoms. The average molecular weight is 352 g/mol. The molecule has 126 valence electrons. The van der Waals surface area contributed by atoms with Gasteiger partial charge in [0.2, 0.25) is 0 Å². The monoisotopic (exact) mass is 351 g/mol. The van der Waals surface area contributed by atoms with Crippen molar-refractivity contribution in [2.45, 2.75) is 64.3 Å². The van der Waals surface area contributed by atoms with Gasteiger partial charge >= 0.3 is 0 Å². The molecule has 1 saturated carbocycles. The van der Waals surface area contributed by atoms with Crippen molar-refractivity contribution in [3.63, 3.8) is 0 Å². The molecule has 3 rings (SSSR count). The van der Waals surface area contributed by atoms with Gasteiger partial charge in [-0.2, -0.15) is 0 Å². The summed E-state index contributed by atoms with van der Waals surface area (Å²) in [7, 11) is 0. The lowest BCUT2D eigenvalue weighted by molar-refractivity contribution is 0.0942. The van der Waals surface area contributed by atoms with Crippen molar-refractivity contribution in [2.24, 2.45) is 5.92 Å². The summed E-state index contributed by atoms with van der Waals surface area (Å²) in [6, 6.07) is 0.441. The lowest BCUT2D eigenvalue weighted by atomic mass is 9.88. The third-order valence-corrected chi connectivity index (χ3v) is 6.15. The van der Waals surface area contributed by atoms with Crippen LogP contribution in [0.15, 0.2) is 5.38 Å². The van der Waals surface area contributed by atoms with Crippen LogP contribution in [0.25, 0.3) is 0 Å². The van der Waals surface area contributed by atoms with Crippen molar-refractivity contribution in [3.8, 4) is 0 Å². The highest BCUT2D eigenvalue weighted by Gasteiger charge is 2.23. The van der Waals surface area contributed by atoms with E-state index in [4.69, 9.17) is 12.2 Å². The summed E-state index contributed by atoms with van der Waals surface area (Å²) >= 11 is 6.99. The maximum Gasteiger partial charge on any atom is 0.270 e. The summed E-state index contributed by atoms with van der Waals surface area (Å²) in [5.41, 5.74) is 7.65. The smallest absolute Gasteiger partial charge is 0.270 e. The normalized spacial score (nSPS) is 21.3. The molecule has 0 bridgehead atoms. The summed E-state index contributed by atoms with van der Waals surface area (Å²) < 4.78 is 0. The van der Waals surface area contributed by atoms with E-state index in [1.165, 1.54) is 36.1 Å². The first-order valence-electron chi connectivity index (χ1n) is 8.59. The molecule has 2 aliphatic carbocycles. The maximum atomic E-state index is 12.4. The highest BCUT2D eigenvalue weighted by Crippen LogP contribution is 2.32. The van der Waals surface area contributed by atoms with Gasteiger partial charge in [0.15, 0.2) is 5.11 Å². The summed E-state index contributed by atoms with van der Waals surface area (Å²) in [6.45, 7) is 2.28. The van der Waals surface area contributed by atoms with Gasteiger partial charge in [-0.05, 0) is 55.8 Å². The van der Waals surface area contributed by atoms with Crippen LogP contribution in [0.5, 0.6) is 0 Å². The molecule has 0 aliphatic heterocycles. The highest BCUT2D eigenvalue weighted by atomic mass is 32.1. The van der Waals surface area contributed by atoms with Crippen LogP contribution < -0.4 is 16.2 Å². The van der Waals surface area contributed by atoms with Crippen LogP contribution >= 0.6 is 23.6 Å². The Morgan fingerprint density at radius 2 is 2.00 bits per heavy atom. The molecule has 1 atom stereocenters. The third-order valence-electron chi connectivity index (χ3n) is 4.88. The van der Waals surface area contributed by atoms with E-state index in [2.05, 4.69) is 23.1 Å². The Morgan fingerprint density at radius 1 is 1.22 bits per heavy atom. The van der Waals surface area contributed by atoms with Crippen molar-refractivity contribution >= 4 is 34.6 Å². The van der Waals surface area contributed by atoms with E-state index in [-0.39, 0.29) is 5.91 Å². The molecule has 0 unspecified atom stereocenters. The first-order valence-corrected chi connectivity index (χ1v) is 9.88. The van der Waals surface area contributed by atoms with Crippen molar-refractivity contribution in [3.05, 3.63) is 21.4 Å². The third kappa shape index (κ3) is 4.23. The van der Waals surface area contributed by atoms with Gasteiger partial charge in [-0.15, -0.1) is 11.3 Å². The van der Waals surface area contributed by atoms with Gasteiger partial charge in [0.25, 0.3) is 5.91 Å². The van der Waals surface area contributed by atoms with Crippen LogP contribution in [0.3, 0.4) is 0 Å². The number of hydrogen-bond donors (Lipinski definition) is 3. The van der Waals surface area contributed by atoms with Crippen LogP contribution in [0.1, 0.15) is 66.2 Å². The second kappa shape index (κ2) is 7.62. The summed E-state index contributed by atoms with van der Waals surface area (Å²) in [4.78, 5) is 13.8. The minimum absolute atomic E-state index is 0.0788. The number of fused-ring (bicyclic) bond motifs is 1. The Labute approximate surface area is 147 Å². The van der Waals surface area contributed by atoms with Crippen LogP contribution in [-0.4, -0.2) is 17.1 Å². The van der Waals surface area contributed by atoms with Crippen LogP contribution in [0.4, 0.5) is 0 Å². The fraction of sp³-hybridized carbons (Fsp3) is 0.647.